The van der Waals surface area contributed by atoms with Crippen LogP contribution in [0.15, 0.2) is 18.2 Å². The van der Waals surface area contributed by atoms with Crippen molar-refractivity contribution in [2.24, 2.45) is 5.73 Å². The quantitative estimate of drug-likeness (QED) is 0.740. The molecule has 0 bridgehead atoms. The van der Waals surface area contributed by atoms with Crippen LogP contribution in [0.5, 0.6) is 5.75 Å². The van der Waals surface area contributed by atoms with E-state index in [9.17, 15) is 9.18 Å². The minimum absolute atomic E-state index is 0.0784. The largest absolute Gasteiger partial charge is 0.495 e. The number of halogens is 1. The lowest BCUT2D eigenvalue weighted by Crippen LogP contribution is -2.30. The molecule has 0 aromatic heterocycles. The number of carbonyl (C=O) groups excluding carboxylic acids is 1. The molecule has 0 radical (unpaired) electrons. The topological polar surface area (TPSA) is 64.3 Å². The lowest BCUT2D eigenvalue weighted by molar-refractivity contribution is -0.119. The number of methoxy groups -OCH3 is 1. The SMILES string of the molecule is COc1ccc(F)cc1C#CCNC(=O)CN. The first-order valence-electron chi connectivity index (χ1n) is 4.96. The van der Waals surface area contributed by atoms with Crippen molar-refractivity contribution in [3.8, 4) is 17.6 Å². The highest BCUT2D eigenvalue weighted by atomic mass is 19.1. The number of ether oxygens (including phenoxy) is 1. The van der Waals surface area contributed by atoms with Crippen molar-refractivity contribution >= 4 is 5.91 Å². The highest BCUT2D eigenvalue weighted by Crippen LogP contribution is 2.17. The molecule has 0 atom stereocenters. The van der Waals surface area contributed by atoms with E-state index < -0.39 is 0 Å². The van der Waals surface area contributed by atoms with Gasteiger partial charge in [-0.1, -0.05) is 11.8 Å². The Morgan fingerprint density at radius 2 is 2.35 bits per heavy atom. The molecule has 1 aromatic carbocycles. The van der Waals surface area contributed by atoms with Crippen molar-refractivity contribution in [1.82, 2.24) is 5.32 Å². The summed E-state index contributed by atoms with van der Waals surface area (Å²) in [6, 6.07) is 4.06. The van der Waals surface area contributed by atoms with Gasteiger partial charge in [0.15, 0.2) is 0 Å². The third-order valence-electron chi connectivity index (χ3n) is 1.94. The summed E-state index contributed by atoms with van der Waals surface area (Å²) >= 11 is 0. The number of carbonyl (C=O) groups is 1. The van der Waals surface area contributed by atoms with Crippen LogP contribution < -0.4 is 15.8 Å². The van der Waals surface area contributed by atoms with Gasteiger partial charge >= 0.3 is 0 Å². The zero-order valence-corrected chi connectivity index (χ0v) is 9.42. The predicted molar refractivity (Wildman–Crippen MR) is 61.9 cm³/mol. The number of rotatable bonds is 3. The van der Waals surface area contributed by atoms with Crippen LogP contribution in [-0.4, -0.2) is 26.1 Å². The van der Waals surface area contributed by atoms with Gasteiger partial charge in [0.05, 0.1) is 25.8 Å². The van der Waals surface area contributed by atoms with E-state index in [0.29, 0.717) is 11.3 Å². The Labute approximate surface area is 99.0 Å². The summed E-state index contributed by atoms with van der Waals surface area (Å²) in [4.78, 5) is 10.8. The summed E-state index contributed by atoms with van der Waals surface area (Å²) in [7, 11) is 1.48. The van der Waals surface area contributed by atoms with Gasteiger partial charge < -0.3 is 15.8 Å². The second kappa shape index (κ2) is 6.51. The first kappa shape index (κ1) is 13.0. The molecule has 90 valence electrons. The molecule has 0 unspecified atom stereocenters. The van der Waals surface area contributed by atoms with Gasteiger partial charge in [-0.3, -0.25) is 4.79 Å². The van der Waals surface area contributed by atoms with Crippen LogP contribution in [-0.2, 0) is 4.79 Å². The zero-order valence-electron chi connectivity index (χ0n) is 9.42. The minimum atomic E-state index is -0.388. The van der Waals surface area contributed by atoms with E-state index in [2.05, 4.69) is 17.2 Å². The van der Waals surface area contributed by atoms with E-state index in [0.717, 1.165) is 0 Å². The molecule has 17 heavy (non-hydrogen) atoms. The number of benzene rings is 1. The molecule has 4 nitrogen and oxygen atoms in total. The zero-order chi connectivity index (χ0) is 12.7. The number of nitrogens with two attached hydrogens (primary N) is 1. The monoisotopic (exact) mass is 236 g/mol. The molecule has 0 fully saturated rings. The van der Waals surface area contributed by atoms with Gasteiger partial charge in [0.2, 0.25) is 5.91 Å². The van der Waals surface area contributed by atoms with Crippen molar-refractivity contribution in [2.75, 3.05) is 20.2 Å². The maximum absolute atomic E-state index is 13.0. The minimum Gasteiger partial charge on any atom is -0.495 e. The summed E-state index contributed by atoms with van der Waals surface area (Å²) in [6.07, 6.45) is 0. The van der Waals surface area contributed by atoms with Crippen LogP contribution in [0, 0.1) is 17.7 Å². The van der Waals surface area contributed by atoms with Crippen molar-refractivity contribution < 1.29 is 13.9 Å². The Kier molecular flexibility index (Phi) is 4.98. The van der Waals surface area contributed by atoms with Gasteiger partial charge in [-0.2, -0.15) is 0 Å². The average molecular weight is 236 g/mol. The smallest absolute Gasteiger partial charge is 0.234 e. The molecule has 0 heterocycles. The summed E-state index contributed by atoms with van der Waals surface area (Å²) in [6.45, 7) is 0.0840. The molecule has 0 saturated heterocycles. The number of hydrogen-bond acceptors (Lipinski definition) is 3. The van der Waals surface area contributed by atoms with Crippen LogP contribution in [0.4, 0.5) is 4.39 Å². The molecule has 0 aliphatic heterocycles. The molecule has 5 heteroatoms. The maximum Gasteiger partial charge on any atom is 0.234 e. The Bertz CT molecular complexity index is 463. The molecule has 1 rings (SSSR count). The third-order valence-corrected chi connectivity index (χ3v) is 1.94. The van der Waals surface area contributed by atoms with E-state index in [1.165, 1.54) is 25.3 Å². The van der Waals surface area contributed by atoms with Crippen molar-refractivity contribution in [3.05, 3.63) is 29.6 Å². The van der Waals surface area contributed by atoms with E-state index >= 15 is 0 Å². The van der Waals surface area contributed by atoms with Gasteiger partial charge in [0.1, 0.15) is 11.6 Å². The fourth-order valence-corrected chi connectivity index (χ4v) is 1.13. The summed E-state index contributed by atoms with van der Waals surface area (Å²) in [5.74, 6) is 5.21. The Morgan fingerprint density at radius 3 is 3.00 bits per heavy atom. The number of hydrogen-bond donors (Lipinski definition) is 2. The first-order chi connectivity index (χ1) is 8.17. The van der Waals surface area contributed by atoms with Gasteiger partial charge in [-0.05, 0) is 18.2 Å². The van der Waals surface area contributed by atoms with Gasteiger partial charge in [-0.15, -0.1) is 0 Å². The molecular weight excluding hydrogens is 223 g/mol. The second-order valence-corrected chi connectivity index (χ2v) is 3.13. The van der Waals surface area contributed by atoms with Crippen LogP contribution in [0.1, 0.15) is 5.56 Å². The highest BCUT2D eigenvalue weighted by Gasteiger charge is 2.01. The normalized spacial score (nSPS) is 9.12. The van der Waals surface area contributed by atoms with Crippen LogP contribution in [0.2, 0.25) is 0 Å². The second-order valence-electron chi connectivity index (χ2n) is 3.13. The van der Waals surface area contributed by atoms with Crippen LogP contribution in [0.25, 0.3) is 0 Å². The molecular formula is C12H13FN2O2. The van der Waals surface area contributed by atoms with Crippen molar-refractivity contribution in [2.45, 2.75) is 0 Å². The number of amides is 1. The van der Waals surface area contributed by atoms with Crippen molar-refractivity contribution in [3.63, 3.8) is 0 Å². The molecule has 0 spiro atoms. The third kappa shape index (κ3) is 4.13. The fourth-order valence-electron chi connectivity index (χ4n) is 1.13. The maximum atomic E-state index is 13.0. The molecule has 0 aliphatic rings. The summed E-state index contributed by atoms with van der Waals surface area (Å²) in [5, 5.41) is 2.48. The molecule has 0 saturated carbocycles. The number of nitrogens with one attached hydrogen (secondary N) is 1. The van der Waals surface area contributed by atoms with E-state index in [1.54, 1.807) is 0 Å². The van der Waals surface area contributed by atoms with Crippen LogP contribution in [0.3, 0.4) is 0 Å². The highest BCUT2D eigenvalue weighted by molar-refractivity contribution is 5.77. The van der Waals surface area contributed by atoms with E-state index in [-0.39, 0.29) is 24.8 Å². The molecule has 3 N–H and O–H groups in total. The summed E-state index contributed by atoms with van der Waals surface area (Å²) in [5.41, 5.74) is 5.54. The van der Waals surface area contributed by atoms with E-state index in [4.69, 9.17) is 10.5 Å². The van der Waals surface area contributed by atoms with Gasteiger partial charge in [0, 0.05) is 0 Å². The van der Waals surface area contributed by atoms with Gasteiger partial charge in [0.25, 0.3) is 0 Å². The summed E-state index contributed by atoms with van der Waals surface area (Å²) < 4.78 is 18.0. The van der Waals surface area contributed by atoms with Gasteiger partial charge in [-0.25, -0.2) is 4.39 Å². The molecule has 1 amide bonds. The predicted octanol–water partition coefficient (Wildman–Crippen LogP) is 0.261. The molecule has 0 aliphatic carbocycles. The lowest BCUT2D eigenvalue weighted by Gasteiger charge is -2.02. The lowest BCUT2D eigenvalue weighted by atomic mass is 10.2. The average Bonchev–Trinajstić information content (AvgIpc) is 2.34. The fraction of sp³-hybridized carbons (Fsp3) is 0.250. The molecule has 1 aromatic rings. The standard InChI is InChI=1S/C12H13FN2O2/c1-17-11-5-4-10(13)7-9(11)3-2-6-15-12(16)8-14/h4-5,7H,6,8,14H2,1H3,(H,15,16). The Morgan fingerprint density at radius 1 is 1.59 bits per heavy atom. The van der Waals surface area contributed by atoms with Crippen molar-refractivity contribution in [1.29, 1.82) is 0 Å². The Hall–Kier alpha value is -2.06. The first-order valence-corrected chi connectivity index (χ1v) is 4.96. The van der Waals surface area contributed by atoms with Crippen LogP contribution >= 0.6 is 0 Å². The Balaban J connectivity index is 2.70. The van der Waals surface area contributed by atoms with E-state index in [1.807, 2.05) is 0 Å².